The van der Waals surface area contributed by atoms with Crippen LogP contribution in [0, 0.1) is 41.1 Å². The molecule has 0 amide bonds. The third-order valence-electron chi connectivity index (χ3n) is 6.85. The van der Waals surface area contributed by atoms with Crippen molar-refractivity contribution in [2.75, 3.05) is 33.9 Å². The molecule has 3 aromatic rings. The molecule has 0 bridgehead atoms. The van der Waals surface area contributed by atoms with Gasteiger partial charge in [0.25, 0.3) is 0 Å². The number of ether oxygens (including phenoxy) is 2. The maximum absolute atomic E-state index is 13.9. The van der Waals surface area contributed by atoms with E-state index in [1.54, 1.807) is 37.6 Å². The number of esters is 1. The summed E-state index contributed by atoms with van der Waals surface area (Å²) in [7, 11) is 2.88. The van der Waals surface area contributed by atoms with Crippen LogP contribution in [0.1, 0.15) is 35.2 Å². The number of methoxy groups -OCH3 is 2. The summed E-state index contributed by atoms with van der Waals surface area (Å²) >= 11 is 0. The third-order valence-corrected chi connectivity index (χ3v) is 6.85. The van der Waals surface area contributed by atoms with Gasteiger partial charge in [-0.05, 0) is 55.6 Å². The Hall–Kier alpha value is -3.90. The van der Waals surface area contributed by atoms with E-state index in [2.05, 4.69) is 16.8 Å². The van der Waals surface area contributed by atoms with Crippen LogP contribution in [0.25, 0.3) is 10.9 Å². The van der Waals surface area contributed by atoms with Crippen LogP contribution in [-0.2, 0) is 9.53 Å². The number of pyridine rings is 1. The molecule has 1 aromatic heterocycles. The first-order valence-corrected chi connectivity index (χ1v) is 12.2. The van der Waals surface area contributed by atoms with Crippen molar-refractivity contribution in [2.45, 2.75) is 19.3 Å². The second kappa shape index (κ2) is 12.1. The van der Waals surface area contributed by atoms with Crippen LogP contribution in [0.3, 0.4) is 0 Å². The molecular weight excluding hydrogens is 497 g/mol. The summed E-state index contributed by atoms with van der Waals surface area (Å²) in [4.78, 5) is 32.0. The molecule has 0 N–H and O–H groups in total. The van der Waals surface area contributed by atoms with E-state index in [0.29, 0.717) is 54.2 Å². The largest absolute Gasteiger partial charge is 0.497 e. The Bertz CT molecular complexity index is 1420. The highest BCUT2D eigenvalue weighted by molar-refractivity contribution is 6.07. The van der Waals surface area contributed by atoms with Gasteiger partial charge in [0.1, 0.15) is 11.6 Å². The lowest BCUT2D eigenvalue weighted by molar-refractivity contribution is -0.149. The van der Waals surface area contributed by atoms with Crippen LogP contribution >= 0.6 is 0 Å². The molecule has 2 aromatic carbocycles. The number of benzene rings is 2. The van der Waals surface area contributed by atoms with Gasteiger partial charge in [0.2, 0.25) is 0 Å². The third kappa shape index (κ3) is 6.14. The van der Waals surface area contributed by atoms with Gasteiger partial charge in [-0.2, -0.15) is 0 Å². The fourth-order valence-corrected chi connectivity index (χ4v) is 4.82. The number of piperidine rings is 1. The Labute approximate surface area is 218 Å². The Morgan fingerprint density at radius 3 is 2.71 bits per heavy atom. The van der Waals surface area contributed by atoms with E-state index in [0.717, 1.165) is 6.07 Å². The number of carbonyl (C=O) groups is 2. The summed E-state index contributed by atoms with van der Waals surface area (Å²) in [5.74, 6) is 1.46. The van der Waals surface area contributed by atoms with Crippen molar-refractivity contribution in [2.24, 2.45) is 11.8 Å². The number of likely N-dealkylation sites (tertiary alicyclic amines) is 1. The monoisotopic (exact) mass is 524 g/mol. The summed E-state index contributed by atoms with van der Waals surface area (Å²) in [6.07, 6.45) is 2.98. The molecule has 198 valence electrons. The molecule has 2 heterocycles. The number of nitrogens with zero attached hydrogens (tertiary/aromatic N) is 2. The molecule has 0 aliphatic carbocycles. The molecule has 6 nitrogen and oxygen atoms in total. The minimum atomic E-state index is -1.30. The smallest absolute Gasteiger partial charge is 0.310 e. The van der Waals surface area contributed by atoms with Gasteiger partial charge in [0.15, 0.2) is 17.4 Å². The average Bonchev–Trinajstić information content (AvgIpc) is 2.93. The number of Topliss-reactive ketones (excluding diaryl/α,β-unsaturated/α-hetero) is 1. The molecule has 1 aliphatic rings. The molecule has 1 fully saturated rings. The normalized spacial score (nSPS) is 17.5. The minimum Gasteiger partial charge on any atom is -0.497 e. The Morgan fingerprint density at radius 2 is 1.95 bits per heavy atom. The van der Waals surface area contributed by atoms with Gasteiger partial charge >= 0.3 is 5.97 Å². The fourth-order valence-electron chi connectivity index (χ4n) is 4.82. The average molecular weight is 525 g/mol. The van der Waals surface area contributed by atoms with Crippen LogP contribution in [0.15, 0.2) is 42.6 Å². The van der Waals surface area contributed by atoms with Crippen LogP contribution < -0.4 is 4.74 Å². The van der Waals surface area contributed by atoms with E-state index in [4.69, 9.17) is 9.47 Å². The number of aromatic nitrogens is 1. The van der Waals surface area contributed by atoms with Crippen molar-refractivity contribution < 1.29 is 32.2 Å². The summed E-state index contributed by atoms with van der Waals surface area (Å²) in [5, 5.41) is 0.712. The van der Waals surface area contributed by atoms with Gasteiger partial charge in [-0.3, -0.25) is 19.5 Å². The molecule has 0 spiro atoms. The van der Waals surface area contributed by atoms with Crippen molar-refractivity contribution in [1.29, 1.82) is 0 Å². The van der Waals surface area contributed by atoms with Crippen LogP contribution in [0.5, 0.6) is 5.75 Å². The second-order valence-electron chi connectivity index (χ2n) is 9.17. The van der Waals surface area contributed by atoms with Crippen LogP contribution in [-0.4, -0.2) is 55.5 Å². The van der Waals surface area contributed by atoms with Gasteiger partial charge in [-0.15, -0.1) is 0 Å². The van der Waals surface area contributed by atoms with E-state index >= 15 is 0 Å². The Kier molecular flexibility index (Phi) is 8.64. The molecule has 1 saturated heterocycles. The van der Waals surface area contributed by atoms with Gasteiger partial charge in [-0.1, -0.05) is 11.8 Å². The number of rotatable bonds is 7. The highest BCUT2D eigenvalue weighted by Crippen LogP contribution is 2.30. The Balaban J connectivity index is 1.42. The second-order valence-corrected chi connectivity index (χ2v) is 9.17. The number of ketones is 1. The highest BCUT2D eigenvalue weighted by Gasteiger charge is 2.35. The van der Waals surface area contributed by atoms with E-state index in [-0.39, 0.29) is 36.2 Å². The van der Waals surface area contributed by atoms with E-state index in [1.807, 2.05) is 4.90 Å². The lowest BCUT2D eigenvalue weighted by atomic mass is 9.81. The van der Waals surface area contributed by atoms with Gasteiger partial charge in [0, 0.05) is 36.2 Å². The van der Waals surface area contributed by atoms with Gasteiger partial charge in [-0.25, -0.2) is 13.2 Å². The van der Waals surface area contributed by atoms with Gasteiger partial charge < -0.3 is 9.47 Å². The predicted octanol–water partition coefficient (Wildman–Crippen LogP) is 4.79. The number of hydrogen-bond donors (Lipinski definition) is 0. The molecule has 0 unspecified atom stereocenters. The number of hydrogen-bond acceptors (Lipinski definition) is 6. The highest BCUT2D eigenvalue weighted by atomic mass is 19.2. The summed E-state index contributed by atoms with van der Waals surface area (Å²) < 4.78 is 51.0. The summed E-state index contributed by atoms with van der Waals surface area (Å²) in [6.45, 7) is 1.12. The van der Waals surface area contributed by atoms with E-state index in [1.165, 1.54) is 7.11 Å². The molecule has 9 heteroatoms. The molecule has 2 atom stereocenters. The lowest BCUT2D eigenvalue weighted by Crippen LogP contribution is -2.44. The molecular formula is C29H27F3N2O4. The standard InChI is InChI=1S/C29H27F3N2O4/c1-37-21-6-7-26-23(16-21)22(9-11-33-26)27(35)8-5-18-10-13-34(17-24(18)29(36)38-2)12-3-4-19-14-20(30)15-25(31)28(19)32/h6-7,9,11,14-16,18,24H,5,8,10,12-13,17H2,1-2H3/t18-,24+/m0/s1. The zero-order valence-electron chi connectivity index (χ0n) is 21.1. The molecule has 0 radical (unpaired) electrons. The number of fused-ring (bicyclic) bond motifs is 1. The first-order chi connectivity index (χ1) is 18.3. The van der Waals surface area contributed by atoms with Crippen LogP contribution in [0.4, 0.5) is 13.2 Å². The first-order valence-electron chi connectivity index (χ1n) is 12.2. The quantitative estimate of drug-likeness (QED) is 0.192. The minimum absolute atomic E-state index is 0.0492. The molecule has 4 rings (SSSR count). The zero-order valence-corrected chi connectivity index (χ0v) is 21.1. The van der Waals surface area contributed by atoms with Crippen molar-refractivity contribution >= 4 is 22.7 Å². The fraction of sp³-hybridized carbons (Fsp3) is 0.345. The maximum Gasteiger partial charge on any atom is 0.310 e. The van der Waals surface area contributed by atoms with Crippen molar-refractivity contribution in [3.8, 4) is 17.6 Å². The Morgan fingerprint density at radius 1 is 1.13 bits per heavy atom. The number of halogens is 3. The molecule has 1 aliphatic heterocycles. The lowest BCUT2D eigenvalue weighted by Gasteiger charge is -2.36. The van der Waals surface area contributed by atoms with Crippen molar-refractivity contribution in [3.63, 3.8) is 0 Å². The summed E-state index contributed by atoms with van der Waals surface area (Å²) in [5.41, 5.74) is 0.887. The number of carbonyl (C=O) groups excluding carboxylic acids is 2. The maximum atomic E-state index is 13.9. The van der Waals surface area contributed by atoms with Crippen LogP contribution in [0.2, 0.25) is 0 Å². The predicted molar refractivity (Wildman–Crippen MR) is 135 cm³/mol. The molecule has 0 saturated carbocycles. The molecule has 38 heavy (non-hydrogen) atoms. The van der Waals surface area contributed by atoms with Gasteiger partial charge in [0.05, 0.1) is 37.8 Å². The van der Waals surface area contributed by atoms with Crippen molar-refractivity contribution in [1.82, 2.24) is 9.88 Å². The summed E-state index contributed by atoms with van der Waals surface area (Å²) in [6, 6.07) is 8.37. The van der Waals surface area contributed by atoms with E-state index in [9.17, 15) is 22.8 Å². The zero-order chi connectivity index (χ0) is 27.2. The van der Waals surface area contributed by atoms with E-state index < -0.39 is 23.4 Å². The first kappa shape index (κ1) is 27.1. The van der Waals surface area contributed by atoms with Crippen molar-refractivity contribution in [3.05, 3.63) is 71.2 Å². The topological polar surface area (TPSA) is 68.7 Å². The SMILES string of the molecule is COC(=O)[C@@H]1CN(CC#Cc2cc(F)cc(F)c2F)CC[C@@H]1CCC(=O)c1ccnc2ccc(OC)cc12.